The lowest BCUT2D eigenvalue weighted by Gasteiger charge is -2.18. The van der Waals surface area contributed by atoms with Gasteiger partial charge in [0.05, 0.1) is 12.5 Å². The molecular weight excluding hydrogens is 206 g/mol. The van der Waals surface area contributed by atoms with Gasteiger partial charge in [0.1, 0.15) is 0 Å². The zero-order chi connectivity index (χ0) is 10.8. The minimum absolute atomic E-state index is 0.342. The molecule has 0 saturated carbocycles. The molecule has 0 aliphatic carbocycles. The molecule has 1 unspecified atom stereocenters. The zero-order valence-electron chi connectivity index (χ0n) is 9.32. The van der Waals surface area contributed by atoms with E-state index >= 15 is 0 Å². The molecule has 5 heteroatoms. The number of aromatic nitrogens is 2. The summed E-state index contributed by atoms with van der Waals surface area (Å²) in [5.41, 5.74) is 0. The third-order valence-corrected chi connectivity index (χ3v) is 3.40. The van der Waals surface area contributed by atoms with E-state index < -0.39 is 0 Å². The number of piperidine rings is 1. The molecule has 2 atom stereocenters. The first-order chi connectivity index (χ1) is 7.93. The van der Waals surface area contributed by atoms with E-state index in [4.69, 9.17) is 9.26 Å². The SMILES string of the molecule is C1CNC[C@@H](c2nc(C3CCOC3)no2)C1. The van der Waals surface area contributed by atoms with Crippen LogP contribution >= 0.6 is 0 Å². The lowest BCUT2D eigenvalue weighted by atomic mass is 10.00. The number of hydrogen-bond donors (Lipinski definition) is 1. The molecule has 0 spiro atoms. The first-order valence-corrected chi connectivity index (χ1v) is 6.05. The van der Waals surface area contributed by atoms with Gasteiger partial charge in [0, 0.05) is 19.1 Å². The topological polar surface area (TPSA) is 60.2 Å². The number of hydrogen-bond acceptors (Lipinski definition) is 5. The van der Waals surface area contributed by atoms with Crippen molar-refractivity contribution < 1.29 is 9.26 Å². The van der Waals surface area contributed by atoms with Gasteiger partial charge in [-0.05, 0) is 25.8 Å². The van der Waals surface area contributed by atoms with E-state index in [0.29, 0.717) is 11.8 Å². The normalized spacial score (nSPS) is 30.8. The fourth-order valence-electron chi connectivity index (χ4n) is 2.38. The number of rotatable bonds is 2. The summed E-state index contributed by atoms with van der Waals surface area (Å²) in [6, 6.07) is 0. The van der Waals surface area contributed by atoms with Crippen molar-refractivity contribution in [2.75, 3.05) is 26.3 Å². The third kappa shape index (κ3) is 1.97. The molecule has 0 bridgehead atoms. The smallest absolute Gasteiger partial charge is 0.231 e. The summed E-state index contributed by atoms with van der Waals surface area (Å²) in [4.78, 5) is 4.52. The Morgan fingerprint density at radius 2 is 2.25 bits per heavy atom. The fraction of sp³-hybridized carbons (Fsp3) is 0.818. The van der Waals surface area contributed by atoms with E-state index in [9.17, 15) is 0 Å². The van der Waals surface area contributed by atoms with Crippen molar-refractivity contribution in [1.82, 2.24) is 15.5 Å². The Hall–Kier alpha value is -0.940. The van der Waals surface area contributed by atoms with E-state index in [-0.39, 0.29) is 0 Å². The van der Waals surface area contributed by atoms with Gasteiger partial charge >= 0.3 is 0 Å². The van der Waals surface area contributed by atoms with E-state index in [1.807, 2.05) is 0 Å². The highest BCUT2D eigenvalue weighted by atomic mass is 16.5. The molecule has 2 saturated heterocycles. The average Bonchev–Trinajstić information content (AvgIpc) is 3.01. The van der Waals surface area contributed by atoms with Gasteiger partial charge in [-0.25, -0.2) is 0 Å². The van der Waals surface area contributed by atoms with Crippen molar-refractivity contribution in [3.63, 3.8) is 0 Å². The summed E-state index contributed by atoms with van der Waals surface area (Å²) in [5, 5.41) is 7.44. The predicted octanol–water partition coefficient (Wildman–Crippen LogP) is 1.04. The summed E-state index contributed by atoms with van der Waals surface area (Å²) in [6.07, 6.45) is 3.35. The molecule has 2 aliphatic rings. The minimum Gasteiger partial charge on any atom is -0.381 e. The lowest BCUT2D eigenvalue weighted by molar-refractivity contribution is 0.192. The molecule has 5 nitrogen and oxygen atoms in total. The van der Waals surface area contributed by atoms with Gasteiger partial charge in [-0.3, -0.25) is 0 Å². The Kier molecular flexibility index (Phi) is 2.88. The maximum atomic E-state index is 5.36. The molecule has 0 radical (unpaired) electrons. The molecule has 1 N–H and O–H groups in total. The van der Waals surface area contributed by atoms with Crippen LogP contribution in [0.15, 0.2) is 4.52 Å². The lowest BCUT2D eigenvalue weighted by Crippen LogP contribution is -2.28. The molecule has 88 valence electrons. The molecule has 0 aromatic carbocycles. The maximum absolute atomic E-state index is 5.36. The van der Waals surface area contributed by atoms with E-state index in [0.717, 1.165) is 50.9 Å². The van der Waals surface area contributed by atoms with Crippen molar-refractivity contribution in [3.05, 3.63) is 11.7 Å². The van der Waals surface area contributed by atoms with Crippen molar-refractivity contribution >= 4 is 0 Å². The molecule has 0 amide bonds. The van der Waals surface area contributed by atoms with Crippen LogP contribution in [0.4, 0.5) is 0 Å². The van der Waals surface area contributed by atoms with Gasteiger partial charge in [0.25, 0.3) is 0 Å². The van der Waals surface area contributed by atoms with E-state index in [1.165, 1.54) is 6.42 Å². The standard InChI is InChI=1S/C11H17N3O2/c1-2-8(6-12-4-1)11-13-10(14-16-11)9-3-5-15-7-9/h8-9,12H,1-7H2/t8-,9?/m0/s1. The summed E-state index contributed by atoms with van der Waals surface area (Å²) < 4.78 is 10.7. The van der Waals surface area contributed by atoms with Gasteiger partial charge in [-0.1, -0.05) is 5.16 Å². The summed E-state index contributed by atoms with van der Waals surface area (Å²) in [6.45, 7) is 3.62. The van der Waals surface area contributed by atoms with Crippen LogP contribution in [-0.4, -0.2) is 36.4 Å². The van der Waals surface area contributed by atoms with Crippen LogP contribution in [0.5, 0.6) is 0 Å². The zero-order valence-corrected chi connectivity index (χ0v) is 9.32. The summed E-state index contributed by atoms with van der Waals surface area (Å²) >= 11 is 0. The van der Waals surface area contributed by atoms with E-state index in [1.54, 1.807) is 0 Å². The molecule has 16 heavy (non-hydrogen) atoms. The second-order valence-electron chi connectivity index (χ2n) is 4.59. The van der Waals surface area contributed by atoms with Gasteiger partial charge in [0.2, 0.25) is 5.89 Å². The summed E-state index contributed by atoms with van der Waals surface area (Å²) in [7, 11) is 0. The highest BCUT2D eigenvalue weighted by molar-refractivity contribution is 5.01. The van der Waals surface area contributed by atoms with Crippen molar-refractivity contribution in [3.8, 4) is 0 Å². The highest BCUT2D eigenvalue weighted by Crippen LogP contribution is 2.26. The Labute approximate surface area is 94.6 Å². The third-order valence-electron chi connectivity index (χ3n) is 3.40. The molecule has 1 aromatic rings. The van der Waals surface area contributed by atoms with Crippen LogP contribution < -0.4 is 5.32 Å². The number of nitrogens with zero attached hydrogens (tertiary/aromatic N) is 2. The van der Waals surface area contributed by atoms with Crippen LogP contribution in [0.2, 0.25) is 0 Å². The first-order valence-electron chi connectivity index (χ1n) is 6.05. The van der Waals surface area contributed by atoms with E-state index in [2.05, 4.69) is 15.5 Å². The van der Waals surface area contributed by atoms with Gasteiger partial charge in [0.15, 0.2) is 5.82 Å². The van der Waals surface area contributed by atoms with Crippen LogP contribution in [-0.2, 0) is 4.74 Å². The predicted molar refractivity (Wildman–Crippen MR) is 57.3 cm³/mol. The molecule has 2 aliphatic heterocycles. The Bertz CT molecular complexity index is 341. The first kappa shape index (κ1) is 10.2. The molecular formula is C11H17N3O2. The molecule has 1 aromatic heterocycles. The monoisotopic (exact) mass is 223 g/mol. The second kappa shape index (κ2) is 4.51. The Morgan fingerprint density at radius 1 is 1.25 bits per heavy atom. The van der Waals surface area contributed by atoms with Crippen LogP contribution in [0.1, 0.15) is 42.8 Å². The second-order valence-corrected chi connectivity index (χ2v) is 4.59. The van der Waals surface area contributed by atoms with Crippen LogP contribution in [0.25, 0.3) is 0 Å². The van der Waals surface area contributed by atoms with Gasteiger partial charge < -0.3 is 14.6 Å². The quantitative estimate of drug-likeness (QED) is 0.811. The van der Waals surface area contributed by atoms with Gasteiger partial charge in [-0.15, -0.1) is 0 Å². The largest absolute Gasteiger partial charge is 0.381 e. The molecule has 3 heterocycles. The van der Waals surface area contributed by atoms with Crippen molar-refractivity contribution in [1.29, 1.82) is 0 Å². The van der Waals surface area contributed by atoms with Crippen LogP contribution in [0.3, 0.4) is 0 Å². The van der Waals surface area contributed by atoms with Gasteiger partial charge in [-0.2, -0.15) is 4.98 Å². The molecule has 3 rings (SSSR count). The minimum atomic E-state index is 0.342. The van der Waals surface area contributed by atoms with Crippen LogP contribution in [0, 0.1) is 0 Å². The average molecular weight is 223 g/mol. The van der Waals surface area contributed by atoms with Crippen molar-refractivity contribution in [2.24, 2.45) is 0 Å². The highest BCUT2D eigenvalue weighted by Gasteiger charge is 2.26. The fourth-order valence-corrected chi connectivity index (χ4v) is 2.38. The number of nitrogens with one attached hydrogen (secondary N) is 1. The Morgan fingerprint density at radius 3 is 3.00 bits per heavy atom. The number of ether oxygens (including phenoxy) is 1. The molecule has 2 fully saturated rings. The Balaban J connectivity index is 1.71. The summed E-state index contributed by atoms with van der Waals surface area (Å²) in [5.74, 6) is 2.37. The van der Waals surface area contributed by atoms with Crippen molar-refractivity contribution in [2.45, 2.75) is 31.1 Å². The maximum Gasteiger partial charge on any atom is 0.231 e.